The molecule has 0 saturated heterocycles. The van der Waals surface area contributed by atoms with Gasteiger partial charge in [0.1, 0.15) is 54.4 Å². The number of aliphatic hydroxyl groups excluding tert-OH is 3. The maximum atomic E-state index is 14.6. The molecule has 11 atom stereocenters. The van der Waals surface area contributed by atoms with Crippen LogP contribution in [0, 0.1) is 11.8 Å². The van der Waals surface area contributed by atoms with Crippen LogP contribution in [0.2, 0.25) is 0 Å². The molecule has 92 heavy (non-hydrogen) atoms. The number of carboxylic acid groups (broad SMARTS) is 1. The number of hydrogen-bond donors (Lipinski definition) is 17. The summed E-state index contributed by atoms with van der Waals surface area (Å²) in [5.41, 5.74) is 27.2. The third-order valence-corrected chi connectivity index (χ3v) is 16.2. The second-order valence-corrected chi connectivity index (χ2v) is 24.9. The van der Waals surface area contributed by atoms with Gasteiger partial charge in [-0.2, -0.15) is 11.8 Å². The minimum atomic E-state index is -1.76. The lowest BCUT2D eigenvalue weighted by Gasteiger charge is -2.30. The fraction of sp³-hybridized carbons (Fsp3) is 0.656. The number of anilines is 1. The van der Waals surface area contributed by atoms with Crippen LogP contribution in [0.15, 0.2) is 59.2 Å². The number of carboxylic acids is 1. The number of para-hydroxylation sites is 1. The molecule has 0 spiro atoms. The number of thioether (sulfide) groups is 1. The first-order valence-corrected chi connectivity index (χ1v) is 33.1. The zero-order valence-corrected chi connectivity index (χ0v) is 56.2. The lowest BCUT2D eigenvalue weighted by atomic mass is 9.96. The zero-order valence-electron chi connectivity index (χ0n) is 55.4. The van der Waals surface area contributed by atoms with Crippen LogP contribution in [0.3, 0.4) is 0 Å². The zero-order chi connectivity index (χ0) is 69.5. The molecule has 0 fully saturated rings. The Hall–Kier alpha value is -6.95. The molecule has 0 saturated carbocycles. The van der Waals surface area contributed by atoms with E-state index in [9.17, 15) is 68.4 Å². The summed E-state index contributed by atoms with van der Waals surface area (Å²) < 4.78 is 0. The molecule has 0 aromatic heterocycles. The minimum absolute atomic E-state index is 0.0411. The number of carbonyl (C=O) groups excluding carboxylic acids is 9. The molecule has 9 amide bonds. The fourth-order valence-corrected chi connectivity index (χ4v) is 10.3. The lowest BCUT2D eigenvalue weighted by Crippen LogP contribution is -2.62. The van der Waals surface area contributed by atoms with E-state index in [1.54, 1.807) is 39.8 Å². The average Bonchev–Trinajstić information content (AvgIpc) is 1.22. The summed E-state index contributed by atoms with van der Waals surface area (Å²) in [7, 11) is 0. The summed E-state index contributed by atoms with van der Waals surface area (Å²) >= 11 is 1.30. The van der Waals surface area contributed by atoms with Crippen molar-refractivity contribution < 1.29 is 68.4 Å². The van der Waals surface area contributed by atoms with E-state index in [1.165, 1.54) is 42.0 Å². The number of hydrogen-bond acceptors (Lipinski definition) is 18. The summed E-state index contributed by atoms with van der Waals surface area (Å²) in [6.07, 6.45) is 10.9. The molecule has 1 aromatic rings. The molecule has 0 unspecified atom stereocenters. The SMILES string of the molecule is CC[C@H](C)[C@H](NC(=O)[C@@H](NC(=O)[C@H](CSC/C=C(\C)CC/C=C(\C)CCC=C(C)C)NC(=O)[C@H](CCCCN)NC(=O)[C@@H](NC(=O)[C@H](CCCCN)NC(=O)[C@H](CO)NC(=O)[C@H](CCCCN)NC(=O)c1ccccc1N)[C@@H](C)O)C(C)C)C(=O)N[C@@H](CO)C(=O)O. The summed E-state index contributed by atoms with van der Waals surface area (Å²) in [6.45, 7) is 15.0. The van der Waals surface area contributed by atoms with Gasteiger partial charge in [0.05, 0.1) is 24.9 Å². The largest absolute Gasteiger partial charge is 0.480 e. The smallest absolute Gasteiger partial charge is 0.328 e. The number of aliphatic carboxylic acids is 1. The van der Waals surface area contributed by atoms with E-state index in [4.69, 9.17) is 22.9 Å². The second-order valence-electron chi connectivity index (χ2n) is 23.8. The fourth-order valence-electron chi connectivity index (χ4n) is 9.25. The summed E-state index contributed by atoms with van der Waals surface area (Å²) in [4.78, 5) is 138. The van der Waals surface area contributed by atoms with E-state index in [-0.39, 0.29) is 62.2 Å². The van der Waals surface area contributed by atoms with Gasteiger partial charge in [-0.15, -0.1) is 0 Å². The van der Waals surface area contributed by atoms with Gasteiger partial charge in [0.15, 0.2) is 0 Å². The molecule has 27 nitrogen and oxygen atoms in total. The van der Waals surface area contributed by atoms with Crippen LogP contribution >= 0.6 is 11.8 Å². The van der Waals surface area contributed by atoms with Crippen molar-refractivity contribution in [3.63, 3.8) is 0 Å². The van der Waals surface area contributed by atoms with Crippen LogP contribution in [0.1, 0.15) is 163 Å². The number of carbonyl (C=O) groups is 10. The monoisotopic (exact) mass is 1320 g/mol. The molecule has 21 N–H and O–H groups in total. The third-order valence-electron chi connectivity index (χ3n) is 15.2. The summed E-state index contributed by atoms with van der Waals surface area (Å²) in [5, 5.41) is 63.6. The van der Waals surface area contributed by atoms with Crippen LogP contribution < -0.4 is 70.8 Å². The van der Waals surface area contributed by atoms with Crippen molar-refractivity contribution >= 4 is 76.6 Å². The van der Waals surface area contributed by atoms with Gasteiger partial charge in [0, 0.05) is 17.2 Å². The van der Waals surface area contributed by atoms with E-state index in [0.29, 0.717) is 44.4 Å². The Morgan fingerprint density at radius 2 is 0.924 bits per heavy atom. The molecule has 1 rings (SSSR count). The average molecular weight is 1320 g/mol. The van der Waals surface area contributed by atoms with Crippen molar-refractivity contribution in [1.82, 2.24) is 47.9 Å². The first-order valence-electron chi connectivity index (χ1n) is 31.9. The summed E-state index contributed by atoms with van der Waals surface area (Å²) in [6, 6.07) is -6.88. The van der Waals surface area contributed by atoms with Gasteiger partial charge in [0.25, 0.3) is 5.91 Å². The Morgan fingerprint density at radius 1 is 0.511 bits per heavy atom. The van der Waals surface area contributed by atoms with Crippen molar-refractivity contribution in [1.29, 1.82) is 0 Å². The van der Waals surface area contributed by atoms with Crippen molar-refractivity contribution in [3.8, 4) is 0 Å². The molecule has 1 aromatic carbocycles. The van der Waals surface area contributed by atoms with E-state index in [0.717, 1.165) is 31.3 Å². The van der Waals surface area contributed by atoms with Crippen molar-refractivity contribution in [2.75, 3.05) is 50.1 Å². The lowest BCUT2D eigenvalue weighted by molar-refractivity contribution is -0.143. The van der Waals surface area contributed by atoms with Crippen LogP contribution in [0.5, 0.6) is 0 Å². The number of amides is 9. The highest BCUT2D eigenvalue weighted by molar-refractivity contribution is 7.99. The van der Waals surface area contributed by atoms with E-state index >= 15 is 0 Å². The molecule has 520 valence electrons. The number of nitrogen functional groups attached to an aromatic ring is 1. The van der Waals surface area contributed by atoms with Crippen molar-refractivity contribution in [3.05, 3.63) is 64.8 Å². The number of rotatable bonds is 47. The number of aliphatic hydroxyl groups is 3. The number of allylic oxidation sites excluding steroid dienone is 5. The van der Waals surface area contributed by atoms with Crippen molar-refractivity contribution in [2.24, 2.45) is 29.0 Å². The maximum absolute atomic E-state index is 14.6. The number of nitrogens with two attached hydrogens (primary N) is 4. The third kappa shape index (κ3) is 32.1. The predicted molar refractivity (Wildman–Crippen MR) is 357 cm³/mol. The van der Waals surface area contributed by atoms with E-state index in [2.05, 4.69) is 80.8 Å². The van der Waals surface area contributed by atoms with Gasteiger partial charge in [-0.05, 0) is 162 Å². The Labute approximate surface area is 547 Å². The maximum Gasteiger partial charge on any atom is 0.328 e. The Bertz CT molecular complexity index is 2600. The van der Waals surface area contributed by atoms with Crippen LogP contribution in [0.4, 0.5) is 5.69 Å². The first kappa shape index (κ1) is 83.1. The molecule has 0 radical (unpaired) electrons. The quantitative estimate of drug-likeness (QED) is 0.0245. The number of unbranched alkanes of at least 4 members (excludes halogenated alkanes) is 3. The van der Waals surface area contributed by atoms with Gasteiger partial charge >= 0.3 is 5.97 Å². The normalized spacial score (nSPS) is 15.3. The predicted octanol–water partition coefficient (Wildman–Crippen LogP) is 0.937. The molecule has 0 heterocycles. The van der Waals surface area contributed by atoms with Gasteiger partial charge in [-0.25, -0.2) is 4.79 Å². The highest BCUT2D eigenvalue weighted by Crippen LogP contribution is 2.17. The molecule has 0 aliphatic carbocycles. The summed E-state index contributed by atoms with van der Waals surface area (Å²) in [5.74, 6) is -10.1. The molecule has 0 bridgehead atoms. The highest BCUT2D eigenvalue weighted by atomic mass is 32.2. The topological polar surface area (TPSA) is 464 Å². The van der Waals surface area contributed by atoms with Crippen LogP contribution in [-0.4, -0.2) is 184 Å². The van der Waals surface area contributed by atoms with Gasteiger partial charge in [-0.3, -0.25) is 43.2 Å². The molecule has 28 heteroatoms. The Kier molecular flexibility index (Phi) is 41.7. The molecule has 0 aliphatic heterocycles. The molecule has 0 aliphatic rings. The Balaban J connectivity index is 3.65. The van der Waals surface area contributed by atoms with Gasteiger partial charge < -0.3 is 91.2 Å². The second kappa shape index (κ2) is 46.2. The number of benzene rings is 1. The highest BCUT2D eigenvalue weighted by Gasteiger charge is 2.38. The van der Waals surface area contributed by atoms with Gasteiger partial charge in [0.2, 0.25) is 47.3 Å². The Morgan fingerprint density at radius 3 is 1.41 bits per heavy atom. The molecular weight excluding hydrogens is 1210 g/mol. The number of nitrogens with one attached hydrogen (secondary N) is 9. The first-order chi connectivity index (χ1) is 43.6. The van der Waals surface area contributed by atoms with Crippen molar-refractivity contribution in [2.45, 2.75) is 213 Å². The van der Waals surface area contributed by atoms with Crippen LogP contribution in [-0.2, 0) is 43.2 Å². The van der Waals surface area contributed by atoms with E-state index in [1.807, 2.05) is 13.0 Å². The standard InChI is InChI=1S/C64H109N13O14S/c1-10-42(8)53(62(88)73-50(36-79)64(90)91)76-61(87)52(39(4)5)75-60(86)51(37-92-34-30-41(7)24-20-23-40(6)22-19-21-38(2)3)74-57(83)47(28-14-17-32-66)71-63(89)54(43(9)80)77-58(84)48(29-15-18-33-67)70-59(85)49(35-78)72-56(82)46(27-13-16-31-65)69-55(81)44-25-11-12-26-45(44)68/h11-12,21,23,25-26,30,39,42-43,46-54,78-80H,10,13-20,22,24,27-29,31-37,65-68H2,1-9H3,(H,69,81)(H,70,85)(H,71,89)(H,72,82)(H,73,88)(H,74,83)(H,75,86)(H,76,87)(H,77,84)(H,90,91)/b40-23+,41-30+/t42-,43+,46-,47-,48-,49-,50-,51-,52-,53-,54-/m0/s1. The van der Waals surface area contributed by atoms with Gasteiger partial charge in [-0.1, -0.05) is 81.2 Å². The van der Waals surface area contributed by atoms with E-state index < -0.39 is 145 Å². The molecular formula is C64H109N13O14S. The van der Waals surface area contributed by atoms with Crippen LogP contribution in [0.25, 0.3) is 0 Å². The minimum Gasteiger partial charge on any atom is -0.480 e.